The molecule has 0 atom stereocenters. The minimum absolute atomic E-state index is 0.0304. The second kappa shape index (κ2) is 3.52. The first-order chi connectivity index (χ1) is 6.52. The zero-order valence-corrected chi connectivity index (χ0v) is 7.25. The van der Waals surface area contributed by atoms with Crippen molar-refractivity contribution in [2.75, 3.05) is 13.1 Å². The molecule has 3 N–H and O–H groups in total. The van der Waals surface area contributed by atoms with Crippen LogP contribution in [0.25, 0.3) is 0 Å². The zero-order valence-electron chi connectivity index (χ0n) is 7.25. The van der Waals surface area contributed by atoms with Gasteiger partial charge in [0.2, 0.25) is 0 Å². The van der Waals surface area contributed by atoms with E-state index in [-0.39, 0.29) is 19.5 Å². The highest BCUT2D eigenvalue weighted by atomic mass is 16.4. The summed E-state index contributed by atoms with van der Waals surface area (Å²) < 4.78 is 0. The van der Waals surface area contributed by atoms with Gasteiger partial charge in [-0.25, -0.2) is 4.79 Å². The van der Waals surface area contributed by atoms with Crippen LogP contribution in [0.3, 0.4) is 0 Å². The molecule has 0 aromatic heterocycles. The second-order valence-electron chi connectivity index (χ2n) is 3.23. The molecule has 14 heavy (non-hydrogen) atoms. The molecule has 0 bridgehead atoms. The number of likely N-dealkylation sites (tertiary alicyclic amines) is 1. The van der Waals surface area contributed by atoms with E-state index in [2.05, 4.69) is 5.16 Å². The standard InChI is InChI=1S/C7H10N2O5/c10-5(11)7(1-2-8-14)3-9(4-7)6(12)13/h2,14H,1,3-4H2,(H,10,11)(H,12,13). The fourth-order valence-electron chi connectivity index (χ4n) is 1.39. The van der Waals surface area contributed by atoms with Crippen molar-refractivity contribution < 1.29 is 25.0 Å². The van der Waals surface area contributed by atoms with Crippen molar-refractivity contribution in [1.82, 2.24) is 4.90 Å². The van der Waals surface area contributed by atoms with Crippen LogP contribution in [0.4, 0.5) is 4.79 Å². The molecule has 0 unspecified atom stereocenters. The molecule has 0 radical (unpaired) electrons. The van der Waals surface area contributed by atoms with Crippen molar-refractivity contribution >= 4 is 18.3 Å². The Hall–Kier alpha value is -1.79. The van der Waals surface area contributed by atoms with E-state index in [4.69, 9.17) is 15.4 Å². The van der Waals surface area contributed by atoms with E-state index in [1.54, 1.807) is 0 Å². The highest BCUT2D eigenvalue weighted by Gasteiger charge is 2.50. The highest BCUT2D eigenvalue weighted by molar-refractivity contribution is 5.83. The molecule has 1 heterocycles. The quantitative estimate of drug-likeness (QED) is 0.336. The summed E-state index contributed by atoms with van der Waals surface area (Å²) in [7, 11) is 0. The number of aliphatic carboxylic acids is 1. The number of amides is 1. The predicted molar refractivity (Wildman–Crippen MR) is 44.6 cm³/mol. The maximum absolute atomic E-state index is 10.8. The van der Waals surface area contributed by atoms with Gasteiger partial charge in [-0.15, -0.1) is 5.16 Å². The molecular weight excluding hydrogens is 192 g/mol. The third-order valence-electron chi connectivity index (χ3n) is 2.27. The Bertz CT molecular complexity index is 282. The largest absolute Gasteiger partial charge is 0.481 e. The van der Waals surface area contributed by atoms with Gasteiger partial charge < -0.3 is 20.3 Å². The Balaban J connectivity index is 2.62. The number of rotatable bonds is 3. The fourth-order valence-corrected chi connectivity index (χ4v) is 1.39. The van der Waals surface area contributed by atoms with Crippen LogP contribution < -0.4 is 0 Å². The summed E-state index contributed by atoms with van der Waals surface area (Å²) in [6.07, 6.45) is -0.0431. The minimum Gasteiger partial charge on any atom is -0.481 e. The maximum atomic E-state index is 10.8. The van der Waals surface area contributed by atoms with Gasteiger partial charge in [-0.3, -0.25) is 4.79 Å². The average molecular weight is 202 g/mol. The molecule has 0 spiro atoms. The van der Waals surface area contributed by atoms with E-state index in [0.717, 1.165) is 11.1 Å². The second-order valence-corrected chi connectivity index (χ2v) is 3.23. The number of carboxylic acid groups (broad SMARTS) is 2. The van der Waals surface area contributed by atoms with Crippen LogP contribution in [0.2, 0.25) is 0 Å². The monoisotopic (exact) mass is 202 g/mol. The SMILES string of the molecule is O=C(O)N1CC(CC=NO)(C(=O)O)C1. The predicted octanol–water partition coefficient (Wildman–Crippen LogP) is -0.0989. The molecule has 1 rings (SSSR count). The molecule has 78 valence electrons. The van der Waals surface area contributed by atoms with E-state index < -0.39 is 17.5 Å². The van der Waals surface area contributed by atoms with Crippen LogP contribution in [-0.2, 0) is 4.79 Å². The van der Waals surface area contributed by atoms with Gasteiger partial charge in [-0.05, 0) is 0 Å². The molecule has 1 saturated heterocycles. The van der Waals surface area contributed by atoms with E-state index in [0.29, 0.717) is 0 Å². The lowest BCUT2D eigenvalue weighted by atomic mass is 9.77. The third-order valence-corrected chi connectivity index (χ3v) is 2.27. The third kappa shape index (κ3) is 1.61. The Morgan fingerprint density at radius 3 is 2.36 bits per heavy atom. The molecule has 0 aliphatic carbocycles. The lowest BCUT2D eigenvalue weighted by Crippen LogP contribution is -2.62. The Labute approximate surface area is 79.2 Å². The summed E-state index contributed by atoms with van der Waals surface area (Å²) in [6.45, 7) is -0.132. The minimum atomic E-state index is -1.14. The molecule has 1 aliphatic heterocycles. The van der Waals surface area contributed by atoms with Crippen molar-refractivity contribution in [3.05, 3.63) is 0 Å². The van der Waals surface area contributed by atoms with Gasteiger partial charge in [0.05, 0.1) is 0 Å². The number of nitrogens with zero attached hydrogens (tertiary/aromatic N) is 2. The smallest absolute Gasteiger partial charge is 0.407 e. The molecule has 0 saturated carbocycles. The number of carboxylic acids is 1. The van der Waals surface area contributed by atoms with Gasteiger partial charge in [0.25, 0.3) is 0 Å². The molecular formula is C7H10N2O5. The van der Waals surface area contributed by atoms with Crippen LogP contribution in [0.5, 0.6) is 0 Å². The Morgan fingerprint density at radius 1 is 1.43 bits per heavy atom. The normalized spacial score (nSPS) is 19.3. The Kier molecular flexibility index (Phi) is 2.59. The van der Waals surface area contributed by atoms with E-state index in [1.165, 1.54) is 0 Å². The van der Waals surface area contributed by atoms with Crippen molar-refractivity contribution in [3.63, 3.8) is 0 Å². The molecule has 1 fully saturated rings. The first kappa shape index (κ1) is 10.3. The molecule has 7 nitrogen and oxygen atoms in total. The fraction of sp³-hybridized carbons (Fsp3) is 0.571. The van der Waals surface area contributed by atoms with Crippen molar-refractivity contribution in [2.45, 2.75) is 6.42 Å². The molecule has 7 heteroatoms. The molecule has 0 aromatic rings. The van der Waals surface area contributed by atoms with Crippen LogP contribution in [0.1, 0.15) is 6.42 Å². The molecule has 1 aliphatic rings. The van der Waals surface area contributed by atoms with Gasteiger partial charge in [0.15, 0.2) is 0 Å². The molecule has 1 amide bonds. The van der Waals surface area contributed by atoms with Crippen LogP contribution >= 0.6 is 0 Å². The summed E-state index contributed by atoms with van der Waals surface area (Å²) in [4.78, 5) is 22.2. The summed E-state index contributed by atoms with van der Waals surface area (Å²) in [5, 5.41) is 28.2. The maximum Gasteiger partial charge on any atom is 0.407 e. The van der Waals surface area contributed by atoms with E-state index >= 15 is 0 Å². The topological polar surface area (TPSA) is 110 Å². The highest BCUT2D eigenvalue weighted by Crippen LogP contribution is 2.33. The first-order valence-electron chi connectivity index (χ1n) is 3.89. The van der Waals surface area contributed by atoms with Crippen LogP contribution in [0.15, 0.2) is 5.16 Å². The number of carbonyl (C=O) groups is 2. The Morgan fingerprint density at radius 2 is 2.00 bits per heavy atom. The van der Waals surface area contributed by atoms with Crippen LogP contribution in [0, 0.1) is 5.41 Å². The van der Waals surface area contributed by atoms with Gasteiger partial charge >= 0.3 is 12.1 Å². The summed E-state index contributed by atoms with van der Waals surface area (Å²) in [5.41, 5.74) is -1.12. The van der Waals surface area contributed by atoms with Crippen molar-refractivity contribution in [3.8, 4) is 0 Å². The average Bonchev–Trinajstić information content (AvgIpc) is 2.01. The number of hydrogen-bond acceptors (Lipinski definition) is 4. The molecule has 0 aromatic carbocycles. The van der Waals surface area contributed by atoms with Crippen LogP contribution in [-0.4, -0.2) is 51.7 Å². The van der Waals surface area contributed by atoms with Gasteiger partial charge in [0.1, 0.15) is 5.41 Å². The number of hydrogen-bond donors (Lipinski definition) is 3. The summed E-state index contributed by atoms with van der Waals surface area (Å²) in [6, 6.07) is 0. The van der Waals surface area contributed by atoms with Gasteiger partial charge in [0, 0.05) is 25.7 Å². The lowest BCUT2D eigenvalue weighted by Gasteiger charge is -2.44. The van der Waals surface area contributed by atoms with Gasteiger partial charge in [-0.2, -0.15) is 0 Å². The van der Waals surface area contributed by atoms with E-state index in [1.807, 2.05) is 0 Å². The van der Waals surface area contributed by atoms with Crippen molar-refractivity contribution in [1.29, 1.82) is 0 Å². The summed E-state index contributed by atoms with van der Waals surface area (Å²) in [5.74, 6) is -1.07. The van der Waals surface area contributed by atoms with Crippen molar-refractivity contribution in [2.24, 2.45) is 10.6 Å². The summed E-state index contributed by atoms with van der Waals surface area (Å²) >= 11 is 0. The zero-order chi connectivity index (χ0) is 10.8. The number of oxime groups is 1. The first-order valence-corrected chi connectivity index (χ1v) is 3.89. The van der Waals surface area contributed by atoms with E-state index in [9.17, 15) is 9.59 Å². The lowest BCUT2D eigenvalue weighted by molar-refractivity contribution is -0.157. The van der Waals surface area contributed by atoms with Gasteiger partial charge in [-0.1, -0.05) is 0 Å².